The maximum atomic E-state index is 14.0. The van der Waals surface area contributed by atoms with E-state index >= 15 is 0 Å². The molecule has 0 radical (unpaired) electrons. The molecule has 0 aliphatic heterocycles. The Bertz CT molecular complexity index is 1800. The minimum atomic E-state index is -0.316. The number of benzene rings is 2. The Morgan fingerprint density at radius 2 is 1.73 bits per heavy atom. The Kier molecular flexibility index (Phi) is 10.8. The van der Waals surface area contributed by atoms with Crippen LogP contribution in [0.2, 0.25) is 0 Å². The summed E-state index contributed by atoms with van der Waals surface area (Å²) < 4.78 is 1.97. The van der Waals surface area contributed by atoms with E-state index in [0.29, 0.717) is 23.3 Å². The van der Waals surface area contributed by atoms with Crippen LogP contribution in [0.15, 0.2) is 60.8 Å². The van der Waals surface area contributed by atoms with Crippen LogP contribution in [-0.2, 0) is 17.8 Å². The number of aromatic nitrogens is 1. The smallest absolute Gasteiger partial charge is 0.272 e. The van der Waals surface area contributed by atoms with Crippen molar-refractivity contribution in [2.45, 2.75) is 110 Å². The van der Waals surface area contributed by atoms with Gasteiger partial charge in [0, 0.05) is 37.1 Å². The number of nitrogens with one attached hydrogen (secondary N) is 2. The molecule has 2 aromatic carbocycles. The van der Waals surface area contributed by atoms with Gasteiger partial charge in [-0.3, -0.25) is 19.6 Å². The monoisotopic (exact) mass is 705 g/mol. The van der Waals surface area contributed by atoms with Gasteiger partial charge in [-0.1, -0.05) is 83.6 Å². The molecular formula is C45H61N4O3+. The average molecular weight is 706 g/mol. The van der Waals surface area contributed by atoms with Gasteiger partial charge in [-0.15, -0.1) is 0 Å². The molecule has 7 heteroatoms. The standard InChI is InChI=1S/C45H60N4O3/c1-29-13-11-12-18-33(29)26-47-27-34-28-49(43(51)32-16-9-6-10-17-32)40-20-19-30(21-36(34)40)22-37-38-23-35(45(38,2)3)24-41(37)48(4)44(52)39(46)25-42(50)31-14-7-5-8-15-31/h5,7-8,14-15,19-21,25,28-29,32-33,35,37-38,41,46-47,50H,6,9-13,16-18,22-24,26-27H2,1-4H3/p+1/b42-25-,46-39?/t29-,33?,35-,37+,38+,41?/m0/s1. The van der Waals surface area contributed by atoms with E-state index in [-0.39, 0.29) is 46.6 Å². The highest BCUT2D eigenvalue weighted by Crippen LogP contribution is 2.62. The summed E-state index contributed by atoms with van der Waals surface area (Å²) in [6.07, 6.45) is 17.3. The van der Waals surface area contributed by atoms with E-state index in [0.717, 1.165) is 63.0 Å². The van der Waals surface area contributed by atoms with Crippen molar-refractivity contribution in [3.8, 4) is 0 Å². The van der Waals surface area contributed by atoms with E-state index in [4.69, 9.17) is 10.5 Å². The summed E-state index contributed by atoms with van der Waals surface area (Å²) in [5.41, 5.74) is 4.24. The number of fused-ring (bicyclic) bond motifs is 3. The van der Waals surface area contributed by atoms with Crippen LogP contribution < -0.4 is 5.32 Å². The number of carbonyl (C=O) groups excluding carboxylic acids is 2. The van der Waals surface area contributed by atoms with Crippen molar-refractivity contribution in [1.82, 2.24) is 14.8 Å². The number of hydrogen-bond acceptors (Lipinski definition) is 4. The Balaban J connectivity index is 1.14. The van der Waals surface area contributed by atoms with Gasteiger partial charge in [0.25, 0.3) is 11.7 Å². The fourth-order valence-electron chi connectivity index (χ4n) is 10.6. The Hall–Kier alpha value is -3.71. The van der Waals surface area contributed by atoms with Crippen molar-refractivity contribution in [1.29, 1.82) is 5.41 Å². The molecule has 1 aromatic heterocycles. The molecule has 8 rings (SSSR count). The summed E-state index contributed by atoms with van der Waals surface area (Å²) in [6.45, 7) is 8.96. The fourth-order valence-corrected chi connectivity index (χ4v) is 10.6. The number of hydrogen-bond donors (Lipinski definition) is 2. The quantitative estimate of drug-likeness (QED) is 0.119. The zero-order valence-corrected chi connectivity index (χ0v) is 31.9. The van der Waals surface area contributed by atoms with Gasteiger partial charge in [-0.25, -0.2) is 0 Å². The van der Waals surface area contributed by atoms with E-state index in [1.807, 2.05) is 46.8 Å². The van der Waals surface area contributed by atoms with Gasteiger partial charge in [-0.05, 0) is 115 Å². The lowest BCUT2D eigenvalue weighted by Crippen LogP contribution is -2.62. The molecule has 3 aromatic rings. The third-order valence-corrected chi connectivity index (χ3v) is 14.1. The van der Waals surface area contributed by atoms with E-state index in [1.165, 1.54) is 61.1 Å². The summed E-state index contributed by atoms with van der Waals surface area (Å²) in [6, 6.07) is 16.1. The second-order valence-electron chi connectivity index (χ2n) is 17.5. The molecule has 0 saturated heterocycles. The molecule has 2 bridgehead atoms. The fraction of sp³-hybridized carbons (Fsp3) is 0.578. The van der Waals surface area contributed by atoms with Crippen LogP contribution >= 0.6 is 0 Å². The number of amides is 1. The lowest BCUT2D eigenvalue weighted by atomic mass is 9.43. The third kappa shape index (κ3) is 7.27. The van der Waals surface area contributed by atoms with Crippen LogP contribution in [0.25, 0.3) is 16.7 Å². The second kappa shape index (κ2) is 15.3. The van der Waals surface area contributed by atoms with Gasteiger partial charge in [-0.2, -0.15) is 0 Å². The first-order chi connectivity index (χ1) is 25.0. The minimum Gasteiger partial charge on any atom is -0.593 e. The van der Waals surface area contributed by atoms with Crippen LogP contribution in [0.1, 0.15) is 113 Å². The van der Waals surface area contributed by atoms with E-state index in [9.17, 15) is 9.59 Å². The molecule has 4 N–H and O–H groups in total. The molecule has 5 aliphatic rings. The van der Waals surface area contributed by atoms with Crippen molar-refractivity contribution in [3.63, 3.8) is 0 Å². The Morgan fingerprint density at radius 3 is 2.46 bits per heavy atom. The molecule has 1 heterocycles. The average Bonchev–Trinajstić information content (AvgIpc) is 3.52. The lowest BCUT2D eigenvalue weighted by Gasteiger charge is -2.64. The molecule has 278 valence electrons. The zero-order valence-electron chi connectivity index (χ0n) is 31.9. The third-order valence-electron chi connectivity index (χ3n) is 14.1. The molecule has 5 fully saturated rings. The van der Waals surface area contributed by atoms with Crippen molar-refractivity contribution < 1.29 is 14.7 Å². The Labute approximate surface area is 310 Å². The minimum absolute atomic E-state index is 0.0238. The zero-order chi connectivity index (χ0) is 36.6. The van der Waals surface area contributed by atoms with Crippen LogP contribution in [0, 0.1) is 46.3 Å². The van der Waals surface area contributed by atoms with Crippen LogP contribution in [0.5, 0.6) is 0 Å². The van der Waals surface area contributed by atoms with Crippen molar-refractivity contribution in [2.24, 2.45) is 40.9 Å². The molecule has 5 aliphatic carbocycles. The van der Waals surface area contributed by atoms with Gasteiger partial charge < -0.3 is 15.3 Å². The molecule has 6 atom stereocenters. The predicted molar refractivity (Wildman–Crippen MR) is 211 cm³/mol. The molecular weight excluding hydrogens is 645 g/mol. The summed E-state index contributed by atoms with van der Waals surface area (Å²) in [4.78, 5) is 29.6. The van der Waals surface area contributed by atoms with Crippen molar-refractivity contribution in [2.75, 3.05) is 13.6 Å². The molecule has 0 spiro atoms. The first kappa shape index (κ1) is 36.6. The highest BCUT2D eigenvalue weighted by molar-refractivity contribution is 6.42. The lowest BCUT2D eigenvalue weighted by molar-refractivity contribution is -0.153. The van der Waals surface area contributed by atoms with E-state index in [1.54, 1.807) is 0 Å². The van der Waals surface area contributed by atoms with Crippen molar-refractivity contribution >= 4 is 34.2 Å². The van der Waals surface area contributed by atoms with E-state index in [2.05, 4.69) is 50.5 Å². The maximum absolute atomic E-state index is 14.0. The topological polar surface area (TPSA) is 101 Å². The van der Waals surface area contributed by atoms with E-state index < -0.39 is 0 Å². The highest BCUT2D eigenvalue weighted by Gasteiger charge is 2.58. The molecule has 1 amide bonds. The van der Waals surface area contributed by atoms with Crippen LogP contribution in [-0.4, -0.2) is 51.7 Å². The van der Waals surface area contributed by atoms with Gasteiger partial charge in [0.2, 0.25) is 5.91 Å². The number of carbonyl (C=O) groups is 2. The normalized spacial score (nSPS) is 27.6. The first-order valence-electron chi connectivity index (χ1n) is 20.2. The SMILES string of the molecule is C[C@H]1CCCCC1CNCc1cn(C(=O)C2CCCCC2)c2ccc(C[C@H]3C(N(C)C(=O)C(=N)/C=C(\[OH2+])c4ccccc4)C[C@@H]4C[C@H]3C4(C)C)cc12. The highest BCUT2D eigenvalue weighted by atomic mass is 16.3. The first-order valence-corrected chi connectivity index (χ1v) is 20.2. The van der Waals surface area contributed by atoms with Crippen molar-refractivity contribution in [3.05, 3.63) is 77.5 Å². The summed E-state index contributed by atoms with van der Waals surface area (Å²) >= 11 is 0. The molecule has 52 heavy (non-hydrogen) atoms. The molecule has 7 nitrogen and oxygen atoms in total. The van der Waals surface area contributed by atoms with Gasteiger partial charge in [0.15, 0.2) is 0 Å². The van der Waals surface area contributed by atoms with Crippen LogP contribution in [0.3, 0.4) is 0 Å². The molecule has 2 unspecified atom stereocenters. The maximum Gasteiger partial charge on any atom is 0.272 e. The summed E-state index contributed by atoms with van der Waals surface area (Å²) in [7, 11) is 1.86. The van der Waals surface area contributed by atoms with Gasteiger partial charge in [0.05, 0.1) is 17.2 Å². The van der Waals surface area contributed by atoms with Gasteiger partial charge >= 0.3 is 0 Å². The number of nitrogens with zero attached hydrogens (tertiary/aromatic N) is 2. The molecule has 5 saturated carbocycles. The van der Waals surface area contributed by atoms with Crippen LogP contribution in [0.4, 0.5) is 0 Å². The second-order valence-corrected chi connectivity index (χ2v) is 17.5. The summed E-state index contributed by atoms with van der Waals surface area (Å²) in [5.74, 6) is 2.98. The predicted octanol–water partition coefficient (Wildman–Crippen LogP) is 8.61. The van der Waals surface area contributed by atoms with Gasteiger partial charge in [0.1, 0.15) is 5.71 Å². The number of rotatable bonds is 11. The summed E-state index contributed by atoms with van der Waals surface area (Å²) in [5, 5.41) is 22.2. The largest absolute Gasteiger partial charge is 0.593 e. The Morgan fingerprint density at radius 1 is 1.00 bits per heavy atom.